The molecule has 7 rings (SSSR count). The summed E-state index contributed by atoms with van der Waals surface area (Å²) in [5, 5.41) is 2.84. The van der Waals surface area contributed by atoms with Gasteiger partial charge in [0, 0.05) is 45.8 Å². The summed E-state index contributed by atoms with van der Waals surface area (Å²) in [6.07, 6.45) is 13.5. The summed E-state index contributed by atoms with van der Waals surface area (Å²) in [4.78, 5) is 14.2. The van der Waals surface area contributed by atoms with Gasteiger partial charge in [-0.2, -0.15) is 21.4 Å². The van der Waals surface area contributed by atoms with E-state index >= 15 is 0 Å². The molecular weight excluding hydrogens is 733 g/mol. The zero-order chi connectivity index (χ0) is 39.8. The smallest absolute Gasteiger partial charge is 0.295 e. The maximum Gasteiger partial charge on any atom is 0.295 e. The second kappa shape index (κ2) is 13.5. The first-order valence-corrected chi connectivity index (χ1v) is 21.4. The summed E-state index contributed by atoms with van der Waals surface area (Å²) in [6, 6.07) is 18.0. The lowest BCUT2D eigenvalue weighted by atomic mass is 9.78. The topological polar surface area (TPSA) is 132 Å². The van der Waals surface area contributed by atoms with Crippen LogP contribution in [0.2, 0.25) is 0 Å². The molecule has 0 radical (unpaired) electrons. The van der Waals surface area contributed by atoms with Gasteiger partial charge in [0.05, 0.1) is 16.9 Å². The number of allylic oxidation sites excluding steroid dienone is 8. The highest BCUT2D eigenvalue weighted by Gasteiger charge is 2.45. The normalized spacial score (nSPS) is 19.7. The summed E-state index contributed by atoms with van der Waals surface area (Å²) in [7, 11) is -7.70. The second-order valence-corrected chi connectivity index (χ2v) is 19.0. The highest BCUT2D eigenvalue weighted by atomic mass is 32.2. The molecule has 2 heterocycles. The Bertz CT molecular complexity index is 2710. The molecule has 11 heteroatoms. The Morgan fingerprint density at radius 1 is 0.836 bits per heavy atom. The quantitative estimate of drug-likeness (QED) is 0.134. The minimum Gasteiger partial charge on any atom is -0.337 e. The van der Waals surface area contributed by atoms with Crippen LogP contribution >= 0.6 is 0 Å². The molecular formula is C44H47N2O7S2+. The lowest BCUT2D eigenvalue weighted by Crippen LogP contribution is -2.32. The highest BCUT2D eigenvalue weighted by molar-refractivity contribution is 7.86. The van der Waals surface area contributed by atoms with E-state index in [2.05, 4.69) is 85.5 Å². The van der Waals surface area contributed by atoms with Crippen LogP contribution in [0.1, 0.15) is 71.9 Å². The van der Waals surface area contributed by atoms with Gasteiger partial charge in [0.25, 0.3) is 20.2 Å². The summed E-state index contributed by atoms with van der Waals surface area (Å²) >= 11 is 0. The van der Waals surface area contributed by atoms with Crippen molar-refractivity contribution < 1.29 is 35.3 Å². The van der Waals surface area contributed by atoms with Gasteiger partial charge in [-0.05, 0) is 96.3 Å². The van der Waals surface area contributed by atoms with E-state index in [1.807, 2.05) is 39.3 Å². The maximum atomic E-state index is 13.2. The number of anilines is 1. The zero-order valence-corrected chi connectivity index (χ0v) is 33.8. The third-order valence-corrected chi connectivity index (χ3v) is 13.3. The van der Waals surface area contributed by atoms with Gasteiger partial charge in [-0.3, -0.25) is 13.9 Å². The fraction of sp³-hybridized carbons (Fsp3) is 0.318. The van der Waals surface area contributed by atoms with Gasteiger partial charge in [-0.1, -0.05) is 76.3 Å². The summed E-state index contributed by atoms with van der Waals surface area (Å²) < 4.78 is 71.1. The van der Waals surface area contributed by atoms with Crippen LogP contribution in [-0.2, 0) is 35.9 Å². The van der Waals surface area contributed by atoms with Gasteiger partial charge in [-0.15, -0.1) is 0 Å². The average molecular weight is 780 g/mol. The van der Waals surface area contributed by atoms with Crippen molar-refractivity contribution in [2.45, 2.75) is 81.4 Å². The van der Waals surface area contributed by atoms with Gasteiger partial charge < -0.3 is 4.90 Å². The van der Waals surface area contributed by atoms with Crippen molar-refractivity contribution in [1.82, 2.24) is 0 Å². The summed E-state index contributed by atoms with van der Waals surface area (Å²) in [6.45, 7) is 12.6. The van der Waals surface area contributed by atoms with Crippen LogP contribution < -0.4 is 4.90 Å². The van der Waals surface area contributed by atoms with Gasteiger partial charge in [0.15, 0.2) is 11.5 Å². The van der Waals surface area contributed by atoms with Gasteiger partial charge in [0.2, 0.25) is 5.69 Å². The fourth-order valence-electron chi connectivity index (χ4n) is 8.72. The highest BCUT2D eigenvalue weighted by Crippen LogP contribution is 2.51. The van der Waals surface area contributed by atoms with E-state index in [1.165, 1.54) is 28.0 Å². The van der Waals surface area contributed by atoms with Crippen molar-refractivity contribution in [2.75, 3.05) is 18.5 Å². The van der Waals surface area contributed by atoms with E-state index in [1.54, 1.807) is 12.1 Å². The van der Waals surface area contributed by atoms with Crippen molar-refractivity contribution in [3.8, 4) is 0 Å². The zero-order valence-electron chi connectivity index (χ0n) is 32.2. The summed E-state index contributed by atoms with van der Waals surface area (Å²) in [5.74, 6) is 0.102. The predicted molar refractivity (Wildman–Crippen MR) is 219 cm³/mol. The van der Waals surface area contributed by atoms with Crippen molar-refractivity contribution >= 4 is 64.7 Å². The van der Waals surface area contributed by atoms with Gasteiger partial charge in [-0.25, -0.2) is 0 Å². The third-order valence-electron chi connectivity index (χ3n) is 11.5. The molecule has 2 N–H and O–H groups in total. The van der Waals surface area contributed by atoms with E-state index < -0.39 is 35.4 Å². The van der Waals surface area contributed by atoms with E-state index in [9.17, 15) is 30.7 Å². The largest absolute Gasteiger partial charge is 0.337 e. The van der Waals surface area contributed by atoms with Crippen molar-refractivity contribution in [2.24, 2.45) is 5.92 Å². The molecule has 0 saturated carbocycles. The Morgan fingerprint density at radius 3 is 2.25 bits per heavy atom. The Kier molecular flexibility index (Phi) is 9.48. The Balaban J connectivity index is 1.25. The average Bonchev–Trinajstić information content (AvgIpc) is 3.45. The Hall–Kier alpha value is -4.68. The molecule has 9 nitrogen and oxygen atoms in total. The first-order chi connectivity index (χ1) is 25.7. The van der Waals surface area contributed by atoms with E-state index in [4.69, 9.17) is 0 Å². The van der Waals surface area contributed by atoms with E-state index in [-0.39, 0.29) is 22.5 Å². The number of nitrogens with zero attached hydrogens (tertiary/aromatic N) is 2. The molecule has 55 heavy (non-hydrogen) atoms. The molecule has 4 aromatic carbocycles. The van der Waals surface area contributed by atoms with Crippen molar-refractivity contribution in [3.05, 3.63) is 119 Å². The van der Waals surface area contributed by atoms with E-state index in [0.717, 1.165) is 53.7 Å². The number of carbonyl (C=O) groups is 1. The predicted octanol–water partition coefficient (Wildman–Crippen LogP) is 8.99. The Morgan fingerprint density at radius 2 is 1.56 bits per heavy atom. The first kappa shape index (κ1) is 38.6. The monoisotopic (exact) mass is 779 g/mol. The second-order valence-electron chi connectivity index (χ2n) is 16.2. The van der Waals surface area contributed by atoms with Gasteiger partial charge in [0.1, 0.15) is 11.9 Å². The molecule has 0 fully saturated rings. The molecule has 1 aliphatic carbocycles. The van der Waals surface area contributed by atoms with Crippen LogP contribution in [-0.4, -0.2) is 55.6 Å². The minimum atomic E-state index is -4.82. The Labute approximate surface area is 323 Å². The van der Waals surface area contributed by atoms with Gasteiger partial charge >= 0.3 is 0 Å². The SMILES string of the molecule is CC(C)C(=O)CN1/C(=C\C=C2C=C(/C=C/C3=[N+](C)c4ccc5c(S(=O)(=O)O)cc(S(=O)(=O)O)cc5c4C3(C)C)CCC\2)C(C)(C)c2c1ccc1ccccc21. The standard InChI is InChI=1S/C44H46N2O7S2/c1-27(2)37(47)26-46-36-19-17-30-13-8-9-14-32(30)41(36)44(5,6)40(46)22-16-29-12-10-11-28(23-29)15-21-39-43(3,4)42-34-24-31(54(48,49)50)25-38(55(51,52)53)33(34)18-20-35(42)45(39)7/h8-9,13-25,27H,10-12,26H2,1-7H3,(H-,48,49,50,51,52,53)/p+1. The lowest BCUT2D eigenvalue weighted by molar-refractivity contribution is -0.401. The number of ketones is 1. The van der Waals surface area contributed by atoms with Crippen molar-refractivity contribution in [3.63, 3.8) is 0 Å². The van der Waals surface area contributed by atoms with Crippen LogP contribution in [0.4, 0.5) is 11.4 Å². The molecule has 0 bridgehead atoms. The molecule has 0 spiro atoms. The number of benzene rings is 4. The molecule has 0 unspecified atom stereocenters. The number of fused-ring (bicyclic) bond motifs is 6. The number of hydrogen-bond donors (Lipinski definition) is 2. The van der Waals surface area contributed by atoms with Crippen LogP contribution in [0.15, 0.2) is 118 Å². The van der Waals surface area contributed by atoms with Crippen LogP contribution in [0.25, 0.3) is 21.5 Å². The summed E-state index contributed by atoms with van der Waals surface area (Å²) in [5.41, 5.74) is 6.99. The number of Topliss-reactive ketones (excluding diaryl/α,β-unsaturated/α-hetero) is 1. The molecule has 0 atom stereocenters. The fourth-order valence-corrected chi connectivity index (χ4v) is 10.1. The first-order valence-electron chi connectivity index (χ1n) is 18.5. The molecule has 4 aromatic rings. The molecule has 0 amide bonds. The number of hydrogen-bond acceptors (Lipinski definition) is 6. The van der Waals surface area contributed by atoms with Crippen molar-refractivity contribution in [1.29, 1.82) is 0 Å². The molecule has 3 aliphatic rings. The van der Waals surface area contributed by atoms with Crippen LogP contribution in [0, 0.1) is 5.92 Å². The molecule has 2 aliphatic heterocycles. The number of rotatable bonds is 8. The number of carbonyl (C=O) groups excluding carboxylic acids is 1. The molecule has 286 valence electrons. The lowest BCUT2D eigenvalue weighted by Gasteiger charge is -2.27. The molecule has 0 saturated heterocycles. The molecule has 0 aromatic heterocycles. The van der Waals surface area contributed by atoms with Crippen LogP contribution in [0.3, 0.4) is 0 Å². The maximum absolute atomic E-state index is 13.2. The van der Waals surface area contributed by atoms with Crippen LogP contribution in [0.5, 0.6) is 0 Å². The third kappa shape index (κ3) is 6.71. The minimum absolute atomic E-state index is 0.0839. The van der Waals surface area contributed by atoms with E-state index in [0.29, 0.717) is 17.5 Å².